The summed E-state index contributed by atoms with van der Waals surface area (Å²) < 4.78 is 0. The molecule has 0 bridgehead atoms. The van der Waals surface area contributed by atoms with Crippen molar-refractivity contribution >= 4 is 11.6 Å². The minimum absolute atomic E-state index is 0.187. The van der Waals surface area contributed by atoms with Gasteiger partial charge in [-0.1, -0.05) is 26.0 Å². The molecule has 2 atom stereocenters. The smallest absolute Gasteiger partial charge is 0.226 e. The Bertz CT molecular complexity index is 587. The first-order chi connectivity index (χ1) is 11.6. The van der Waals surface area contributed by atoms with Crippen LogP contribution >= 0.6 is 0 Å². The van der Waals surface area contributed by atoms with Crippen LogP contribution in [0, 0.1) is 5.92 Å². The molecule has 4 nitrogen and oxygen atoms in total. The number of amides is 1. The quantitative estimate of drug-likeness (QED) is 0.922. The third-order valence-corrected chi connectivity index (χ3v) is 5.38. The predicted molar refractivity (Wildman–Crippen MR) is 97.2 cm³/mol. The van der Waals surface area contributed by atoms with E-state index in [2.05, 4.69) is 17.9 Å². The second kappa shape index (κ2) is 7.66. The summed E-state index contributed by atoms with van der Waals surface area (Å²) in [6.45, 7) is 7.89. The molecule has 1 fully saturated rings. The number of aliphatic hydroxyl groups excluding tert-OH is 1. The van der Waals surface area contributed by atoms with E-state index in [1.54, 1.807) is 0 Å². The highest BCUT2D eigenvalue weighted by atomic mass is 16.3. The lowest BCUT2D eigenvalue weighted by Crippen LogP contribution is -2.37. The lowest BCUT2D eigenvalue weighted by molar-refractivity contribution is -0.118. The number of benzene rings is 1. The molecule has 132 valence electrons. The van der Waals surface area contributed by atoms with Crippen LogP contribution in [0.3, 0.4) is 0 Å². The van der Waals surface area contributed by atoms with Gasteiger partial charge in [-0.3, -0.25) is 4.79 Å². The van der Waals surface area contributed by atoms with Crippen molar-refractivity contribution in [1.29, 1.82) is 0 Å². The molecule has 0 saturated carbocycles. The molecular formula is C20H30N2O2. The monoisotopic (exact) mass is 330 g/mol. The van der Waals surface area contributed by atoms with Gasteiger partial charge in [-0.25, -0.2) is 0 Å². The molecule has 0 spiro atoms. The second-order valence-electron chi connectivity index (χ2n) is 7.41. The van der Waals surface area contributed by atoms with E-state index in [1.165, 1.54) is 18.4 Å². The third-order valence-electron chi connectivity index (χ3n) is 5.38. The van der Waals surface area contributed by atoms with Gasteiger partial charge in [-0.05, 0) is 55.3 Å². The zero-order valence-corrected chi connectivity index (χ0v) is 15.0. The number of aliphatic hydroxyl groups is 1. The average Bonchev–Trinajstić information content (AvgIpc) is 2.60. The summed E-state index contributed by atoms with van der Waals surface area (Å²) in [6, 6.07) is 6.14. The number of likely N-dealkylation sites (tertiary alicyclic amines) is 1. The molecule has 0 unspecified atom stereocenters. The maximum absolute atomic E-state index is 12.1. The van der Waals surface area contributed by atoms with E-state index in [0.717, 1.165) is 49.6 Å². The number of nitrogens with zero attached hydrogens (tertiary/aromatic N) is 2. The number of aryl methyl sites for hydroxylation is 1. The zero-order valence-electron chi connectivity index (χ0n) is 15.0. The number of β-amino-alcohol motifs (C(OH)–C–C–N with tert-alkyl or cyclic N) is 1. The van der Waals surface area contributed by atoms with E-state index in [4.69, 9.17) is 0 Å². The van der Waals surface area contributed by atoms with Gasteiger partial charge < -0.3 is 14.9 Å². The van der Waals surface area contributed by atoms with Gasteiger partial charge in [0, 0.05) is 31.7 Å². The topological polar surface area (TPSA) is 43.8 Å². The van der Waals surface area contributed by atoms with Gasteiger partial charge in [0.15, 0.2) is 0 Å². The Hall–Kier alpha value is -1.39. The fourth-order valence-corrected chi connectivity index (χ4v) is 4.08. The van der Waals surface area contributed by atoms with Crippen LogP contribution in [0.2, 0.25) is 0 Å². The van der Waals surface area contributed by atoms with Gasteiger partial charge in [0.25, 0.3) is 0 Å². The van der Waals surface area contributed by atoms with Crippen molar-refractivity contribution < 1.29 is 9.90 Å². The summed E-state index contributed by atoms with van der Waals surface area (Å²) in [6.07, 6.45) is 4.61. The minimum atomic E-state index is -0.446. The van der Waals surface area contributed by atoms with Crippen LogP contribution in [0.25, 0.3) is 0 Å². The van der Waals surface area contributed by atoms with Crippen molar-refractivity contribution in [3.8, 4) is 0 Å². The van der Waals surface area contributed by atoms with Crippen LogP contribution < -0.4 is 4.90 Å². The van der Waals surface area contributed by atoms with Gasteiger partial charge in [-0.2, -0.15) is 0 Å². The van der Waals surface area contributed by atoms with E-state index in [0.29, 0.717) is 13.0 Å². The standard InChI is InChI=1S/C20H30N2O2/c1-3-20(24)22-11-5-7-16-12-17(8-9-18(16)22)19(23)14-21-10-4-6-15(2)13-21/h8-9,12,15,19,23H,3-7,10-11,13-14H2,1-2H3/t15-,19+/m1/s1. The van der Waals surface area contributed by atoms with Gasteiger partial charge >= 0.3 is 0 Å². The fourth-order valence-electron chi connectivity index (χ4n) is 4.08. The number of piperidine rings is 1. The molecule has 0 aromatic heterocycles. The molecule has 1 N–H and O–H groups in total. The van der Waals surface area contributed by atoms with Crippen LogP contribution in [0.1, 0.15) is 56.8 Å². The fraction of sp³-hybridized carbons (Fsp3) is 0.650. The Morgan fingerprint density at radius 2 is 2.17 bits per heavy atom. The summed E-state index contributed by atoms with van der Waals surface area (Å²) in [5.41, 5.74) is 3.22. The lowest BCUT2D eigenvalue weighted by atomic mass is 9.96. The minimum Gasteiger partial charge on any atom is -0.387 e. The third kappa shape index (κ3) is 3.81. The highest BCUT2D eigenvalue weighted by Gasteiger charge is 2.24. The summed E-state index contributed by atoms with van der Waals surface area (Å²) in [4.78, 5) is 16.4. The first-order valence-electron chi connectivity index (χ1n) is 9.42. The summed E-state index contributed by atoms with van der Waals surface area (Å²) >= 11 is 0. The van der Waals surface area contributed by atoms with Gasteiger partial charge in [0.2, 0.25) is 5.91 Å². The van der Waals surface area contributed by atoms with Gasteiger partial charge in [0.05, 0.1) is 6.10 Å². The number of anilines is 1. The Labute approximate surface area is 145 Å². The number of fused-ring (bicyclic) bond motifs is 1. The van der Waals surface area contributed by atoms with Crippen molar-refractivity contribution in [1.82, 2.24) is 4.90 Å². The van der Waals surface area contributed by atoms with E-state index >= 15 is 0 Å². The molecule has 2 aliphatic heterocycles. The first kappa shape index (κ1) is 17.4. The molecule has 1 amide bonds. The highest BCUT2D eigenvalue weighted by molar-refractivity contribution is 5.94. The van der Waals surface area contributed by atoms with E-state index < -0.39 is 6.10 Å². The van der Waals surface area contributed by atoms with Crippen molar-refractivity contribution in [3.05, 3.63) is 29.3 Å². The Balaban J connectivity index is 1.72. The molecule has 24 heavy (non-hydrogen) atoms. The highest BCUT2D eigenvalue weighted by Crippen LogP contribution is 2.31. The summed E-state index contributed by atoms with van der Waals surface area (Å²) in [7, 11) is 0. The summed E-state index contributed by atoms with van der Waals surface area (Å²) in [5.74, 6) is 0.912. The van der Waals surface area contributed by atoms with Crippen molar-refractivity contribution in [3.63, 3.8) is 0 Å². The van der Waals surface area contributed by atoms with E-state index in [9.17, 15) is 9.90 Å². The lowest BCUT2D eigenvalue weighted by Gasteiger charge is -2.33. The number of carbonyl (C=O) groups excluding carboxylic acids is 1. The average molecular weight is 330 g/mol. The predicted octanol–water partition coefficient (Wildman–Crippen LogP) is 3.14. The van der Waals surface area contributed by atoms with Crippen LogP contribution in [-0.4, -0.2) is 42.1 Å². The molecule has 0 radical (unpaired) electrons. The normalized spacial score (nSPS) is 23.0. The number of hydrogen-bond acceptors (Lipinski definition) is 3. The summed E-state index contributed by atoms with van der Waals surface area (Å²) in [5, 5.41) is 10.7. The number of rotatable bonds is 4. The van der Waals surface area contributed by atoms with Crippen molar-refractivity contribution in [2.75, 3.05) is 31.1 Å². The maximum Gasteiger partial charge on any atom is 0.226 e. The molecule has 3 rings (SSSR count). The molecule has 2 heterocycles. The van der Waals surface area contributed by atoms with E-state index in [1.807, 2.05) is 24.0 Å². The second-order valence-corrected chi connectivity index (χ2v) is 7.41. The Morgan fingerprint density at radius 3 is 2.92 bits per heavy atom. The molecule has 1 saturated heterocycles. The van der Waals surface area contributed by atoms with Crippen molar-refractivity contribution in [2.24, 2.45) is 5.92 Å². The molecule has 2 aliphatic rings. The molecule has 0 aliphatic carbocycles. The molecule has 1 aromatic rings. The molecular weight excluding hydrogens is 300 g/mol. The number of carbonyl (C=O) groups is 1. The molecule has 4 heteroatoms. The largest absolute Gasteiger partial charge is 0.387 e. The first-order valence-corrected chi connectivity index (χ1v) is 9.42. The number of hydrogen-bond donors (Lipinski definition) is 1. The zero-order chi connectivity index (χ0) is 17.1. The van der Waals surface area contributed by atoms with Crippen LogP contribution in [0.15, 0.2) is 18.2 Å². The molecule has 1 aromatic carbocycles. The van der Waals surface area contributed by atoms with Crippen molar-refractivity contribution in [2.45, 2.75) is 52.1 Å². The Kier molecular flexibility index (Phi) is 5.57. The van der Waals surface area contributed by atoms with Crippen LogP contribution in [-0.2, 0) is 11.2 Å². The van der Waals surface area contributed by atoms with Crippen LogP contribution in [0.5, 0.6) is 0 Å². The Morgan fingerprint density at radius 1 is 1.33 bits per heavy atom. The van der Waals surface area contributed by atoms with Gasteiger partial charge in [-0.15, -0.1) is 0 Å². The SMILES string of the molecule is CCC(=O)N1CCCc2cc([C@@H](O)CN3CCC[C@@H](C)C3)ccc21. The van der Waals surface area contributed by atoms with Gasteiger partial charge in [0.1, 0.15) is 0 Å². The maximum atomic E-state index is 12.1. The van der Waals surface area contributed by atoms with Crippen LogP contribution in [0.4, 0.5) is 5.69 Å². The van der Waals surface area contributed by atoms with E-state index in [-0.39, 0.29) is 5.91 Å².